The molecule has 4 nitrogen and oxygen atoms in total. The first-order chi connectivity index (χ1) is 16.0. The van der Waals surface area contributed by atoms with E-state index in [9.17, 15) is 8.60 Å². The summed E-state index contributed by atoms with van der Waals surface area (Å²) in [6.45, 7) is 0. The summed E-state index contributed by atoms with van der Waals surface area (Å²) in [7, 11) is 3.04. The van der Waals surface area contributed by atoms with Crippen LogP contribution in [0, 0.1) is 5.82 Å². The van der Waals surface area contributed by atoms with Gasteiger partial charge >= 0.3 is 0 Å². The predicted octanol–water partition coefficient (Wildman–Crippen LogP) is 6.34. The van der Waals surface area contributed by atoms with Crippen molar-refractivity contribution in [1.29, 1.82) is 0 Å². The van der Waals surface area contributed by atoms with Gasteiger partial charge in [-0.1, -0.05) is 48.5 Å². The van der Waals surface area contributed by atoms with Gasteiger partial charge in [-0.15, -0.1) is 0 Å². The summed E-state index contributed by atoms with van der Waals surface area (Å²) in [5, 5.41) is 1.80. The third-order valence-corrected chi connectivity index (χ3v) is 6.82. The van der Waals surface area contributed by atoms with E-state index in [-0.39, 0.29) is 5.82 Å². The van der Waals surface area contributed by atoms with Crippen molar-refractivity contribution >= 4 is 33.7 Å². The minimum Gasteiger partial charge on any atom is -0.497 e. The maximum Gasteiger partial charge on any atom is 0.136 e. The molecule has 168 valence electrons. The maximum atomic E-state index is 14.1. The second-order valence-electron chi connectivity index (χ2n) is 7.21. The lowest BCUT2D eigenvalue weighted by Crippen LogP contribution is -2.03. The van der Waals surface area contributed by atoms with Crippen molar-refractivity contribution < 1.29 is 22.8 Å². The highest BCUT2D eigenvalue weighted by Crippen LogP contribution is 2.39. The first-order valence-electron chi connectivity index (χ1n) is 10.2. The van der Waals surface area contributed by atoms with Gasteiger partial charge in [-0.3, -0.25) is 0 Å². The molecule has 4 aromatic carbocycles. The van der Waals surface area contributed by atoms with Crippen LogP contribution in [0.3, 0.4) is 0 Å². The third-order valence-electron chi connectivity index (χ3n) is 5.29. The Labute approximate surface area is 194 Å². The zero-order valence-electron chi connectivity index (χ0n) is 18.5. The predicted molar refractivity (Wildman–Crippen MR) is 130 cm³/mol. The van der Waals surface area contributed by atoms with Crippen molar-refractivity contribution in [3.05, 3.63) is 89.7 Å². The van der Waals surface area contributed by atoms with Gasteiger partial charge in [-0.05, 0) is 41.3 Å². The van der Waals surface area contributed by atoms with Crippen LogP contribution in [0.5, 0.6) is 17.2 Å². The van der Waals surface area contributed by atoms with Crippen molar-refractivity contribution in [2.75, 3.05) is 21.3 Å². The lowest BCUT2D eigenvalue weighted by atomic mass is 10.1. The molecule has 0 fully saturated rings. The SMILES string of the molecule is COc1cc(OC)c(/C=C/c2ccc(F)cc2)c([S@@](=O)c2c(OC)ccc3ccccc23)c1. The molecule has 33 heavy (non-hydrogen) atoms. The van der Waals surface area contributed by atoms with Crippen molar-refractivity contribution in [3.8, 4) is 17.2 Å². The van der Waals surface area contributed by atoms with Gasteiger partial charge in [0.25, 0.3) is 0 Å². The van der Waals surface area contributed by atoms with Crippen molar-refractivity contribution in [2.24, 2.45) is 0 Å². The molecule has 4 rings (SSSR count). The third kappa shape index (κ3) is 4.61. The Morgan fingerprint density at radius 3 is 2.21 bits per heavy atom. The monoisotopic (exact) mass is 462 g/mol. The van der Waals surface area contributed by atoms with E-state index in [1.54, 1.807) is 45.6 Å². The topological polar surface area (TPSA) is 44.8 Å². The number of benzene rings is 4. The first-order valence-corrected chi connectivity index (χ1v) is 11.4. The van der Waals surface area contributed by atoms with Crippen LogP contribution in [0.25, 0.3) is 22.9 Å². The Morgan fingerprint density at radius 1 is 0.788 bits per heavy atom. The Morgan fingerprint density at radius 2 is 1.52 bits per heavy atom. The van der Waals surface area contributed by atoms with Crippen LogP contribution in [-0.2, 0) is 10.8 Å². The molecule has 0 unspecified atom stereocenters. The summed E-state index contributed by atoms with van der Waals surface area (Å²) in [6, 6.07) is 21.1. The molecule has 0 aliphatic carbocycles. The Bertz CT molecular complexity index is 1350. The summed E-state index contributed by atoms with van der Waals surface area (Å²) in [4.78, 5) is 1.08. The van der Waals surface area contributed by atoms with E-state index < -0.39 is 10.8 Å². The molecule has 6 heteroatoms. The normalized spacial score (nSPS) is 12.1. The molecule has 0 radical (unpaired) electrons. The van der Waals surface area contributed by atoms with E-state index in [0.717, 1.165) is 16.3 Å². The first kappa shape index (κ1) is 22.6. The number of hydrogen-bond donors (Lipinski definition) is 0. The molecule has 0 aliphatic heterocycles. The molecule has 0 N–H and O–H groups in total. The van der Waals surface area contributed by atoms with Crippen molar-refractivity contribution in [1.82, 2.24) is 0 Å². The summed E-state index contributed by atoms with van der Waals surface area (Å²) in [5.41, 5.74) is 1.43. The molecular formula is C27H23FO4S. The lowest BCUT2D eigenvalue weighted by Gasteiger charge is -2.16. The van der Waals surface area contributed by atoms with E-state index in [1.807, 2.05) is 48.6 Å². The van der Waals surface area contributed by atoms with Gasteiger partial charge in [0.1, 0.15) is 23.1 Å². The number of fused-ring (bicyclic) bond motifs is 1. The van der Waals surface area contributed by atoms with E-state index in [0.29, 0.717) is 32.6 Å². The molecule has 0 spiro atoms. The summed E-state index contributed by atoms with van der Waals surface area (Å²) in [6.07, 6.45) is 3.64. The molecule has 0 aromatic heterocycles. The summed E-state index contributed by atoms with van der Waals surface area (Å²) in [5.74, 6) is 1.25. The Kier molecular flexibility index (Phi) is 6.75. The molecule has 4 aromatic rings. The maximum absolute atomic E-state index is 14.1. The molecule has 0 aliphatic rings. The standard InChI is InChI=1S/C27H23FO4S/c1-30-21-16-25(32-3)23(14-10-18-8-12-20(28)13-9-18)26(17-21)33(29)27-22-7-5-4-6-19(22)11-15-24(27)31-2/h4-17H,1-3H3/b14-10+/t33-/m1/s1. The lowest BCUT2D eigenvalue weighted by molar-refractivity contribution is 0.391. The highest BCUT2D eigenvalue weighted by molar-refractivity contribution is 7.85. The molecule has 0 bridgehead atoms. The van der Waals surface area contributed by atoms with E-state index in [1.165, 1.54) is 12.1 Å². The van der Waals surface area contributed by atoms with Gasteiger partial charge in [0.05, 0.1) is 41.9 Å². The van der Waals surface area contributed by atoms with Crippen LogP contribution in [0.1, 0.15) is 11.1 Å². The van der Waals surface area contributed by atoms with Crippen LogP contribution in [-0.4, -0.2) is 25.5 Å². The molecule has 0 saturated heterocycles. The zero-order valence-corrected chi connectivity index (χ0v) is 19.3. The average molecular weight is 463 g/mol. The van der Waals surface area contributed by atoms with Gasteiger partial charge in [0.2, 0.25) is 0 Å². The number of halogens is 1. The summed E-state index contributed by atoms with van der Waals surface area (Å²) < 4.78 is 44.0. The fourth-order valence-electron chi connectivity index (χ4n) is 3.62. The average Bonchev–Trinajstić information content (AvgIpc) is 2.86. The van der Waals surface area contributed by atoms with E-state index in [2.05, 4.69) is 0 Å². The highest BCUT2D eigenvalue weighted by atomic mass is 32.2. The van der Waals surface area contributed by atoms with Crippen molar-refractivity contribution in [3.63, 3.8) is 0 Å². The fraction of sp³-hybridized carbons (Fsp3) is 0.111. The largest absolute Gasteiger partial charge is 0.497 e. The highest BCUT2D eigenvalue weighted by Gasteiger charge is 2.22. The number of hydrogen-bond acceptors (Lipinski definition) is 4. The number of rotatable bonds is 7. The van der Waals surface area contributed by atoms with Crippen LogP contribution >= 0.6 is 0 Å². The molecule has 0 amide bonds. The van der Waals surface area contributed by atoms with Gasteiger partial charge in [0.15, 0.2) is 0 Å². The quantitative estimate of drug-likeness (QED) is 0.301. The Balaban J connectivity index is 1.92. The summed E-state index contributed by atoms with van der Waals surface area (Å²) >= 11 is 0. The minimum absolute atomic E-state index is 0.306. The smallest absolute Gasteiger partial charge is 0.136 e. The van der Waals surface area contributed by atoms with Gasteiger partial charge < -0.3 is 14.2 Å². The van der Waals surface area contributed by atoms with E-state index in [4.69, 9.17) is 14.2 Å². The van der Waals surface area contributed by atoms with Gasteiger partial charge in [0, 0.05) is 17.0 Å². The van der Waals surface area contributed by atoms with Crippen LogP contribution in [0.4, 0.5) is 4.39 Å². The fourth-order valence-corrected chi connectivity index (χ4v) is 5.15. The second kappa shape index (κ2) is 9.88. The molecule has 0 saturated carbocycles. The molecule has 0 heterocycles. The zero-order chi connectivity index (χ0) is 23.4. The number of methoxy groups -OCH3 is 3. The Hall–Kier alpha value is -3.64. The second-order valence-corrected chi connectivity index (χ2v) is 8.60. The molecule has 1 atom stereocenters. The van der Waals surface area contributed by atoms with Crippen LogP contribution < -0.4 is 14.2 Å². The van der Waals surface area contributed by atoms with Gasteiger partial charge in [-0.2, -0.15) is 0 Å². The molecular weight excluding hydrogens is 439 g/mol. The van der Waals surface area contributed by atoms with Crippen LogP contribution in [0.2, 0.25) is 0 Å². The van der Waals surface area contributed by atoms with E-state index >= 15 is 0 Å². The van der Waals surface area contributed by atoms with Crippen molar-refractivity contribution in [2.45, 2.75) is 9.79 Å². The number of ether oxygens (including phenoxy) is 3. The van der Waals surface area contributed by atoms with Crippen LogP contribution in [0.15, 0.2) is 82.6 Å². The van der Waals surface area contributed by atoms with Gasteiger partial charge in [-0.25, -0.2) is 8.60 Å². The minimum atomic E-state index is -1.63.